The maximum atomic E-state index is 4.66. The molecule has 1 fully saturated rings. The van der Waals surface area contributed by atoms with Gasteiger partial charge < -0.3 is 5.32 Å². The summed E-state index contributed by atoms with van der Waals surface area (Å²) in [7, 11) is 1.97. The number of benzene rings is 1. The number of aromatic nitrogens is 2. The normalized spacial score (nSPS) is 15.0. The van der Waals surface area contributed by atoms with Gasteiger partial charge in [0.1, 0.15) is 0 Å². The molecule has 0 radical (unpaired) electrons. The van der Waals surface area contributed by atoms with Crippen molar-refractivity contribution in [3.63, 3.8) is 0 Å². The second-order valence-electron chi connectivity index (χ2n) is 5.10. The monoisotopic (exact) mass is 241 g/mol. The minimum absolute atomic E-state index is 0.718. The molecule has 1 aromatic heterocycles. The molecule has 3 heteroatoms. The van der Waals surface area contributed by atoms with Crippen LogP contribution in [0.25, 0.3) is 5.69 Å². The molecule has 0 spiro atoms. The topological polar surface area (TPSA) is 29.9 Å². The third-order valence-corrected chi connectivity index (χ3v) is 3.56. The minimum atomic E-state index is 0.718. The third kappa shape index (κ3) is 2.18. The highest BCUT2D eigenvalue weighted by atomic mass is 15.3. The zero-order valence-electron chi connectivity index (χ0n) is 11.0. The maximum Gasteiger partial charge on any atom is 0.0659 e. The molecule has 1 aliphatic rings. The van der Waals surface area contributed by atoms with Crippen molar-refractivity contribution >= 4 is 0 Å². The lowest BCUT2D eigenvalue weighted by Gasteiger charge is -2.08. The SMILES string of the molecule is CNCc1ccc(-n2ccc(C3CC3)n2)cc1C. The predicted molar refractivity (Wildman–Crippen MR) is 73.0 cm³/mol. The number of hydrogen-bond donors (Lipinski definition) is 1. The summed E-state index contributed by atoms with van der Waals surface area (Å²) >= 11 is 0. The van der Waals surface area contributed by atoms with Gasteiger partial charge in [0, 0.05) is 18.7 Å². The molecule has 0 amide bonds. The third-order valence-electron chi connectivity index (χ3n) is 3.56. The van der Waals surface area contributed by atoms with Gasteiger partial charge in [-0.3, -0.25) is 0 Å². The Bertz CT molecular complexity index is 553. The first kappa shape index (κ1) is 11.5. The van der Waals surface area contributed by atoms with Crippen molar-refractivity contribution in [3.05, 3.63) is 47.3 Å². The molecular weight excluding hydrogens is 222 g/mol. The summed E-state index contributed by atoms with van der Waals surface area (Å²) in [5.74, 6) is 0.718. The molecule has 1 N–H and O–H groups in total. The summed E-state index contributed by atoms with van der Waals surface area (Å²) in [4.78, 5) is 0. The fraction of sp³-hybridized carbons (Fsp3) is 0.400. The zero-order chi connectivity index (χ0) is 12.5. The van der Waals surface area contributed by atoms with E-state index in [0.717, 1.165) is 18.2 Å². The van der Waals surface area contributed by atoms with Crippen LogP contribution in [0.3, 0.4) is 0 Å². The maximum absolute atomic E-state index is 4.66. The Hall–Kier alpha value is -1.61. The van der Waals surface area contributed by atoms with Gasteiger partial charge in [0.25, 0.3) is 0 Å². The van der Waals surface area contributed by atoms with Gasteiger partial charge in [-0.2, -0.15) is 5.10 Å². The van der Waals surface area contributed by atoms with Gasteiger partial charge in [0.15, 0.2) is 0 Å². The molecule has 1 aliphatic carbocycles. The fourth-order valence-electron chi connectivity index (χ4n) is 2.29. The van der Waals surface area contributed by atoms with E-state index in [1.54, 1.807) is 0 Å². The largest absolute Gasteiger partial charge is 0.316 e. The Labute approximate surface area is 108 Å². The lowest BCUT2D eigenvalue weighted by Crippen LogP contribution is -2.07. The van der Waals surface area contributed by atoms with E-state index in [9.17, 15) is 0 Å². The first-order chi connectivity index (χ1) is 8.78. The summed E-state index contributed by atoms with van der Waals surface area (Å²) in [5, 5.41) is 7.85. The van der Waals surface area contributed by atoms with Gasteiger partial charge in [-0.15, -0.1) is 0 Å². The van der Waals surface area contributed by atoms with Crippen molar-refractivity contribution in [2.24, 2.45) is 0 Å². The van der Waals surface area contributed by atoms with Crippen molar-refractivity contribution in [3.8, 4) is 5.69 Å². The lowest BCUT2D eigenvalue weighted by atomic mass is 10.1. The van der Waals surface area contributed by atoms with Crippen molar-refractivity contribution in [2.75, 3.05) is 7.05 Å². The quantitative estimate of drug-likeness (QED) is 0.892. The van der Waals surface area contributed by atoms with Crippen LogP contribution in [0.4, 0.5) is 0 Å². The molecule has 1 saturated carbocycles. The minimum Gasteiger partial charge on any atom is -0.316 e. The number of hydrogen-bond acceptors (Lipinski definition) is 2. The van der Waals surface area contributed by atoms with Crippen molar-refractivity contribution < 1.29 is 0 Å². The highest BCUT2D eigenvalue weighted by Crippen LogP contribution is 2.39. The van der Waals surface area contributed by atoms with Crippen LogP contribution in [-0.2, 0) is 6.54 Å². The van der Waals surface area contributed by atoms with Crippen molar-refractivity contribution in [2.45, 2.75) is 32.2 Å². The second kappa shape index (κ2) is 4.58. The van der Waals surface area contributed by atoms with Gasteiger partial charge in [0.05, 0.1) is 11.4 Å². The van der Waals surface area contributed by atoms with Gasteiger partial charge in [-0.1, -0.05) is 6.07 Å². The van der Waals surface area contributed by atoms with Crippen LogP contribution >= 0.6 is 0 Å². The molecule has 2 aromatic rings. The van der Waals surface area contributed by atoms with E-state index in [1.807, 2.05) is 11.7 Å². The van der Waals surface area contributed by atoms with Crippen LogP contribution in [0.1, 0.15) is 35.6 Å². The Morgan fingerprint density at radius 2 is 2.17 bits per heavy atom. The lowest BCUT2D eigenvalue weighted by molar-refractivity contribution is 0.805. The molecule has 0 aliphatic heterocycles. The van der Waals surface area contributed by atoms with Crippen LogP contribution in [0.15, 0.2) is 30.5 Å². The van der Waals surface area contributed by atoms with E-state index >= 15 is 0 Å². The fourth-order valence-corrected chi connectivity index (χ4v) is 2.29. The average molecular weight is 241 g/mol. The predicted octanol–water partition coefficient (Wildman–Crippen LogP) is 2.78. The van der Waals surface area contributed by atoms with Crippen LogP contribution in [0.5, 0.6) is 0 Å². The molecule has 1 aromatic carbocycles. The van der Waals surface area contributed by atoms with E-state index < -0.39 is 0 Å². The first-order valence-corrected chi connectivity index (χ1v) is 6.58. The number of nitrogens with one attached hydrogen (secondary N) is 1. The highest BCUT2D eigenvalue weighted by molar-refractivity contribution is 5.40. The standard InChI is InChI=1S/C15H19N3/c1-11-9-14(6-5-13(11)10-16-2)18-8-7-15(17-18)12-3-4-12/h5-9,12,16H,3-4,10H2,1-2H3. The average Bonchev–Trinajstić information content (AvgIpc) is 3.10. The van der Waals surface area contributed by atoms with E-state index in [1.165, 1.54) is 29.7 Å². The highest BCUT2D eigenvalue weighted by Gasteiger charge is 2.25. The van der Waals surface area contributed by atoms with E-state index in [-0.39, 0.29) is 0 Å². The van der Waals surface area contributed by atoms with Crippen LogP contribution in [0, 0.1) is 6.92 Å². The molecule has 0 saturated heterocycles. The summed E-state index contributed by atoms with van der Waals surface area (Å²) in [6.45, 7) is 3.07. The van der Waals surface area contributed by atoms with Crippen LogP contribution < -0.4 is 5.32 Å². The number of nitrogens with zero attached hydrogens (tertiary/aromatic N) is 2. The van der Waals surface area contributed by atoms with E-state index in [2.05, 4.69) is 47.8 Å². The Kier molecular flexibility index (Phi) is 2.92. The molecule has 3 nitrogen and oxygen atoms in total. The Morgan fingerprint density at radius 3 is 2.83 bits per heavy atom. The smallest absolute Gasteiger partial charge is 0.0659 e. The zero-order valence-corrected chi connectivity index (χ0v) is 11.0. The summed E-state index contributed by atoms with van der Waals surface area (Å²) in [5.41, 5.74) is 5.05. The summed E-state index contributed by atoms with van der Waals surface area (Å²) in [6.07, 6.45) is 4.68. The van der Waals surface area contributed by atoms with Crippen molar-refractivity contribution in [1.29, 1.82) is 0 Å². The van der Waals surface area contributed by atoms with Gasteiger partial charge in [-0.25, -0.2) is 4.68 Å². The van der Waals surface area contributed by atoms with Gasteiger partial charge in [0.2, 0.25) is 0 Å². The van der Waals surface area contributed by atoms with E-state index in [0.29, 0.717) is 0 Å². The first-order valence-electron chi connectivity index (χ1n) is 6.58. The molecule has 94 valence electrons. The Balaban J connectivity index is 1.88. The summed E-state index contributed by atoms with van der Waals surface area (Å²) in [6, 6.07) is 8.67. The van der Waals surface area contributed by atoms with Crippen LogP contribution in [0.2, 0.25) is 0 Å². The summed E-state index contributed by atoms with van der Waals surface area (Å²) < 4.78 is 1.99. The van der Waals surface area contributed by atoms with Gasteiger partial charge in [-0.05, 0) is 56.1 Å². The van der Waals surface area contributed by atoms with Gasteiger partial charge >= 0.3 is 0 Å². The Morgan fingerprint density at radius 1 is 1.33 bits per heavy atom. The molecule has 0 atom stereocenters. The number of aryl methyl sites for hydroxylation is 1. The second-order valence-corrected chi connectivity index (χ2v) is 5.10. The van der Waals surface area contributed by atoms with Crippen molar-refractivity contribution in [1.82, 2.24) is 15.1 Å². The molecule has 18 heavy (non-hydrogen) atoms. The molecular formula is C15H19N3. The molecule has 3 rings (SSSR count). The van der Waals surface area contributed by atoms with Crippen LogP contribution in [-0.4, -0.2) is 16.8 Å². The molecule has 0 bridgehead atoms. The number of rotatable bonds is 4. The molecule has 1 heterocycles. The molecule has 0 unspecified atom stereocenters. The van der Waals surface area contributed by atoms with E-state index in [4.69, 9.17) is 0 Å².